The van der Waals surface area contributed by atoms with Crippen molar-refractivity contribution in [2.45, 2.75) is 12.3 Å². The summed E-state index contributed by atoms with van der Waals surface area (Å²) in [6.07, 6.45) is 0.787. The van der Waals surface area contributed by atoms with Crippen LogP contribution in [-0.2, 0) is 0 Å². The van der Waals surface area contributed by atoms with E-state index in [4.69, 9.17) is 9.47 Å². The second-order valence-electron chi connectivity index (χ2n) is 4.88. The molecule has 0 N–H and O–H groups in total. The smallest absolute Gasteiger partial charge is 0.200 e. The second-order valence-corrected chi connectivity index (χ2v) is 5.80. The van der Waals surface area contributed by atoms with Gasteiger partial charge in [0.25, 0.3) is 0 Å². The number of benzene rings is 2. The number of para-hydroxylation sites is 1. The average Bonchev–Trinajstić information content (AvgIpc) is 2.49. The first-order chi connectivity index (χ1) is 10.1. The molecule has 1 aliphatic rings. The van der Waals surface area contributed by atoms with Crippen LogP contribution in [0.1, 0.15) is 17.9 Å². The van der Waals surface area contributed by atoms with E-state index in [1.54, 1.807) is 0 Å². The Morgan fingerprint density at radius 3 is 2.90 bits per heavy atom. The van der Waals surface area contributed by atoms with E-state index < -0.39 is 11.6 Å². The highest BCUT2D eigenvalue weighted by molar-refractivity contribution is 9.10. The number of fused-ring (bicyclic) bond motifs is 1. The Hall–Kier alpha value is -1.62. The molecule has 0 fully saturated rings. The molecule has 2 aromatic carbocycles. The minimum atomic E-state index is -0.960. The van der Waals surface area contributed by atoms with Crippen LogP contribution in [0.2, 0.25) is 0 Å². The molecule has 0 spiro atoms. The summed E-state index contributed by atoms with van der Waals surface area (Å²) in [5.41, 5.74) is 1.04. The predicted molar refractivity (Wildman–Crippen MR) is 78.8 cm³/mol. The predicted octanol–water partition coefficient (Wildman–Crippen LogP) is 4.67. The van der Waals surface area contributed by atoms with Crippen LogP contribution in [0.25, 0.3) is 0 Å². The highest BCUT2D eigenvalue weighted by Gasteiger charge is 2.22. The fourth-order valence-corrected chi connectivity index (χ4v) is 2.83. The molecule has 1 heterocycles. The molecule has 0 aliphatic carbocycles. The van der Waals surface area contributed by atoms with Crippen LogP contribution in [0, 0.1) is 11.6 Å². The molecular formula is C16H13BrF2O2. The summed E-state index contributed by atoms with van der Waals surface area (Å²) >= 11 is 3.13. The van der Waals surface area contributed by atoms with Gasteiger partial charge in [-0.05, 0) is 24.6 Å². The molecule has 0 saturated carbocycles. The molecule has 110 valence electrons. The molecule has 0 aromatic heterocycles. The molecule has 2 nitrogen and oxygen atoms in total. The van der Waals surface area contributed by atoms with Crippen molar-refractivity contribution in [2.24, 2.45) is 0 Å². The van der Waals surface area contributed by atoms with Crippen molar-refractivity contribution < 1.29 is 18.3 Å². The Morgan fingerprint density at radius 1 is 1.24 bits per heavy atom. The summed E-state index contributed by atoms with van der Waals surface area (Å²) in [7, 11) is 0. The maximum atomic E-state index is 13.7. The molecule has 3 rings (SSSR count). The van der Waals surface area contributed by atoms with Gasteiger partial charge in [-0.3, -0.25) is 0 Å². The van der Waals surface area contributed by atoms with Gasteiger partial charge in [-0.2, -0.15) is 4.39 Å². The number of halogens is 3. The van der Waals surface area contributed by atoms with E-state index in [2.05, 4.69) is 15.9 Å². The minimum Gasteiger partial charge on any atom is -0.493 e. The topological polar surface area (TPSA) is 18.5 Å². The van der Waals surface area contributed by atoms with Crippen molar-refractivity contribution in [1.29, 1.82) is 0 Å². The summed E-state index contributed by atoms with van der Waals surface area (Å²) < 4.78 is 38.5. The number of ether oxygens (including phenoxy) is 2. The van der Waals surface area contributed by atoms with Gasteiger partial charge in [0, 0.05) is 16.0 Å². The summed E-state index contributed by atoms with van der Waals surface area (Å²) in [6, 6.07) is 10.2. The molecule has 21 heavy (non-hydrogen) atoms. The van der Waals surface area contributed by atoms with E-state index in [0.29, 0.717) is 11.1 Å². The molecule has 1 aliphatic heterocycles. The van der Waals surface area contributed by atoms with Crippen molar-refractivity contribution >= 4 is 15.9 Å². The average molecular weight is 355 g/mol. The second kappa shape index (κ2) is 6.02. The summed E-state index contributed by atoms with van der Waals surface area (Å²) in [5, 5.41) is 0. The van der Waals surface area contributed by atoms with Crippen molar-refractivity contribution in [3.8, 4) is 11.5 Å². The van der Waals surface area contributed by atoms with E-state index in [0.717, 1.165) is 23.8 Å². The van der Waals surface area contributed by atoms with E-state index in [9.17, 15) is 8.78 Å². The van der Waals surface area contributed by atoms with E-state index >= 15 is 0 Å². The largest absolute Gasteiger partial charge is 0.493 e. The van der Waals surface area contributed by atoms with Gasteiger partial charge in [0.1, 0.15) is 5.75 Å². The molecule has 1 unspecified atom stereocenters. The van der Waals surface area contributed by atoms with Gasteiger partial charge in [0.2, 0.25) is 5.82 Å². The standard InChI is InChI=1S/C16H13BrF2O2/c17-11-7-13(18)16(19)15(8-11)21-9-10-5-6-20-14-4-2-1-3-12(10)14/h1-4,7-8,10H,5-6,9H2. The van der Waals surface area contributed by atoms with Gasteiger partial charge in [0.05, 0.1) is 13.2 Å². The van der Waals surface area contributed by atoms with Crippen LogP contribution in [0.4, 0.5) is 8.78 Å². The van der Waals surface area contributed by atoms with Gasteiger partial charge in [0.15, 0.2) is 11.6 Å². The molecule has 5 heteroatoms. The molecular weight excluding hydrogens is 342 g/mol. The Bertz CT molecular complexity index is 661. The SMILES string of the molecule is Fc1cc(Br)cc(OCC2CCOc3ccccc32)c1F. The maximum Gasteiger partial charge on any atom is 0.200 e. The lowest BCUT2D eigenvalue weighted by atomic mass is 9.94. The lowest BCUT2D eigenvalue weighted by Crippen LogP contribution is -2.19. The molecule has 0 saturated heterocycles. The maximum absolute atomic E-state index is 13.7. The first kappa shape index (κ1) is 14.3. The Morgan fingerprint density at radius 2 is 2.05 bits per heavy atom. The molecule has 0 radical (unpaired) electrons. The van der Waals surface area contributed by atoms with Crippen LogP contribution < -0.4 is 9.47 Å². The van der Waals surface area contributed by atoms with Gasteiger partial charge in [-0.15, -0.1) is 0 Å². The Balaban J connectivity index is 1.78. The van der Waals surface area contributed by atoms with Crippen LogP contribution >= 0.6 is 15.9 Å². The molecule has 1 atom stereocenters. The Kier molecular flexibility index (Phi) is 4.10. The summed E-state index contributed by atoms with van der Waals surface area (Å²) in [5.74, 6) is -1.02. The van der Waals surface area contributed by atoms with Crippen LogP contribution in [0.3, 0.4) is 0 Å². The minimum absolute atomic E-state index is 0.0779. The number of rotatable bonds is 3. The van der Waals surface area contributed by atoms with Crippen molar-refractivity contribution in [3.05, 3.63) is 58.1 Å². The molecule has 2 aromatic rings. The van der Waals surface area contributed by atoms with E-state index in [1.807, 2.05) is 24.3 Å². The number of hydrogen-bond donors (Lipinski definition) is 0. The summed E-state index contributed by atoms with van der Waals surface area (Å²) in [4.78, 5) is 0. The van der Waals surface area contributed by atoms with E-state index in [1.165, 1.54) is 6.07 Å². The fourth-order valence-electron chi connectivity index (χ4n) is 2.42. The zero-order valence-electron chi connectivity index (χ0n) is 11.1. The van der Waals surface area contributed by atoms with E-state index in [-0.39, 0.29) is 18.3 Å². The van der Waals surface area contributed by atoms with Crippen molar-refractivity contribution in [2.75, 3.05) is 13.2 Å². The third kappa shape index (κ3) is 3.02. The van der Waals surface area contributed by atoms with Gasteiger partial charge < -0.3 is 9.47 Å². The van der Waals surface area contributed by atoms with Crippen LogP contribution in [0.5, 0.6) is 11.5 Å². The first-order valence-corrected chi connectivity index (χ1v) is 7.43. The third-order valence-corrected chi connectivity index (χ3v) is 3.94. The van der Waals surface area contributed by atoms with Crippen molar-refractivity contribution in [1.82, 2.24) is 0 Å². The summed E-state index contributed by atoms with van der Waals surface area (Å²) in [6.45, 7) is 0.882. The quantitative estimate of drug-likeness (QED) is 0.745. The molecule has 0 bridgehead atoms. The van der Waals surface area contributed by atoms with Gasteiger partial charge in [-0.1, -0.05) is 34.1 Å². The van der Waals surface area contributed by atoms with Gasteiger partial charge >= 0.3 is 0 Å². The molecule has 0 amide bonds. The van der Waals surface area contributed by atoms with Crippen molar-refractivity contribution in [3.63, 3.8) is 0 Å². The zero-order chi connectivity index (χ0) is 14.8. The highest BCUT2D eigenvalue weighted by atomic mass is 79.9. The highest BCUT2D eigenvalue weighted by Crippen LogP contribution is 2.34. The third-order valence-electron chi connectivity index (χ3n) is 3.48. The number of hydrogen-bond acceptors (Lipinski definition) is 2. The zero-order valence-corrected chi connectivity index (χ0v) is 12.7. The monoisotopic (exact) mass is 354 g/mol. The first-order valence-electron chi connectivity index (χ1n) is 6.64. The van der Waals surface area contributed by atoms with Crippen LogP contribution in [-0.4, -0.2) is 13.2 Å². The lowest BCUT2D eigenvalue weighted by molar-refractivity contribution is 0.211. The normalized spacial score (nSPS) is 17.0. The van der Waals surface area contributed by atoms with Crippen LogP contribution in [0.15, 0.2) is 40.9 Å². The fraction of sp³-hybridized carbons (Fsp3) is 0.250. The Labute approximate surface area is 129 Å². The van der Waals surface area contributed by atoms with Gasteiger partial charge in [-0.25, -0.2) is 4.39 Å². The lowest BCUT2D eigenvalue weighted by Gasteiger charge is -2.25.